The van der Waals surface area contributed by atoms with Crippen LogP contribution in [0.3, 0.4) is 0 Å². The molecular weight excluding hydrogens is 220 g/mol. The molecule has 1 aliphatic heterocycles. The second kappa shape index (κ2) is 7.52. The highest BCUT2D eigenvalue weighted by Gasteiger charge is 2.22. The van der Waals surface area contributed by atoms with Gasteiger partial charge in [0.1, 0.15) is 0 Å². The molecule has 1 N–H and O–H groups in total. The van der Waals surface area contributed by atoms with Crippen molar-refractivity contribution in [3.05, 3.63) is 0 Å². The molecule has 0 atom stereocenters. The van der Waals surface area contributed by atoms with Crippen molar-refractivity contribution in [2.45, 2.75) is 39.0 Å². The largest absolute Gasteiger partial charge is 0.317 e. The van der Waals surface area contributed by atoms with Gasteiger partial charge in [0.15, 0.2) is 0 Å². The van der Waals surface area contributed by atoms with E-state index >= 15 is 0 Å². The normalized spacial score (nSPS) is 22.1. The van der Waals surface area contributed by atoms with E-state index in [4.69, 9.17) is 0 Å². The van der Waals surface area contributed by atoms with Crippen molar-refractivity contribution in [1.29, 1.82) is 0 Å². The highest BCUT2D eigenvalue weighted by molar-refractivity contribution is 5.85. The predicted molar refractivity (Wildman–Crippen MR) is 72.3 cm³/mol. The van der Waals surface area contributed by atoms with E-state index in [9.17, 15) is 0 Å². The summed E-state index contributed by atoms with van der Waals surface area (Å²) < 4.78 is 0. The summed E-state index contributed by atoms with van der Waals surface area (Å²) in [6.45, 7) is 8.75. The molecule has 1 saturated heterocycles. The van der Waals surface area contributed by atoms with Crippen molar-refractivity contribution in [2.75, 3.05) is 32.7 Å². The van der Waals surface area contributed by atoms with Crippen LogP contribution in [-0.2, 0) is 0 Å². The van der Waals surface area contributed by atoms with Crippen LogP contribution in [0.2, 0.25) is 0 Å². The number of hydrogen-bond acceptors (Lipinski definition) is 2. The lowest BCUT2D eigenvalue weighted by atomic mass is 9.97. The van der Waals surface area contributed by atoms with E-state index in [0.717, 1.165) is 11.8 Å². The van der Waals surface area contributed by atoms with Crippen molar-refractivity contribution >= 4 is 12.4 Å². The Hall–Kier alpha value is 0.210. The molecule has 0 aromatic carbocycles. The molecule has 0 spiro atoms. The van der Waals surface area contributed by atoms with Gasteiger partial charge in [-0.3, -0.25) is 0 Å². The second-order valence-corrected chi connectivity index (χ2v) is 5.32. The first-order chi connectivity index (χ1) is 7.38. The fraction of sp³-hybridized carbons (Fsp3) is 1.00. The summed E-state index contributed by atoms with van der Waals surface area (Å²) in [5.74, 6) is 2.05. The number of nitrogens with one attached hydrogen (secondary N) is 1. The summed E-state index contributed by atoms with van der Waals surface area (Å²) in [5, 5.41) is 3.45. The van der Waals surface area contributed by atoms with Crippen molar-refractivity contribution in [3.63, 3.8) is 0 Å². The Morgan fingerprint density at radius 2 is 1.75 bits per heavy atom. The van der Waals surface area contributed by atoms with E-state index in [2.05, 4.69) is 17.1 Å². The minimum Gasteiger partial charge on any atom is -0.317 e. The van der Waals surface area contributed by atoms with E-state index in [1.165, 1.54) is 64.8 Å². The molecule has 1 saturated carbocycles. The van der Waals surface area contributed by atoms with Crippen LogP contribution in [0.5, 0.6) is 0 Å². The minimum atomic E-state index is 0. The zero-order chi connectivity index (χ0) is 10.5. The highest BCUT2D eigenvalue weighted by atomic mass is 35.5. The number of piperidine rings is 1. The van der Waals surface area contributed by atoms with E-state index < -0.39 is 0 Å². The molecule has 0 bridgehead atoms. The van der Waals surface area contributed by atoms with Crippen LogP contribution in [0.1, 0.15) is 39.0 Å². The van der Waals surface area contributed by atoms with Gasteiger partial charge in [-0.2, -0.15) is 0 Å². The lowest BCUT2D eigenvalue weighted by molar-refractivity contribution is 0.209. The molecule has 2 rings (SSSR count). The third-order valence-electron chi connectivity index (χ3n) is 3.97. The molecule has 2 nitrogen and oxygen atoms in total. The van der Waals surface area contributed by atoms with Gasteiger partial charge in [0.05, 0.1) is 0 Å². The summed E-state index contributed by atoms with van der Waals surface area (Å²) >= 11 is 0. The SMILES string of the molecule is CCN(CCC1CC1)CC1CCNCC1.Cl. The number of rotatable bonds is 6. The van der Waals surface area contributed by atoms with Gasteiger partial charge in [-0.1, -0.05) is 19.8 Å². The Kier molecular flexibility index (Phi) is 6.71. The molecule has 0 radical (unpaired) electrons. The molecule has 1 heterocycles. The monoisotopic (exact) mass is 246 g/mol. The predicted octanol–water partition coefficient (Wildman–Crippen LogP) is 2.53. The molecule has 96 valence electrons. The van der Waals surface area contributed by atoms with E-state index in [1.807, 2.05) is 0 Å². The fourth-order valence-corrected chi connectivity index (χ4v) is 2.58. The van der Waals surface area contributed by atoms with E-state index in [1.54, 1.807) is 0 Å². The lowest BCUT2D eigenvalue weighted by Crippen LogP contribution is -2.36. The number of hydrogen-bond donors (Lipinski definition) is 1. The maximum atomic E-state index is 3.45. The summed E-state index contributed by atoms with van der Waals surface area (Å²) in [6.07, 6.45) is 7.24. The van der Waals surface area contributed by atoms with Crippen LogP contribution in [0.4, 0.5) is 0 Å². The topological polar surface area (TPSA) is 15.3 Å². The average molecular weight is 247 g/mol. The van der Waals surface area contributed by atoms with E-state index in [-0.39, 0.29) is 12.4 Å². The highest BCUT2D eigenvalue weighted by Crippen LogP contribution is 2.32. The molecule has 16 heavy (non-hydrogen) atoms. The number of halogens is 1. The van der Waals surface area contributed by atoms with Gasteiger partial charge in [0, 0.05) is 6.54 Å². The summed E-state index contributed by atoms with van der Waals surface area (Å²) in [6, 6.07) is 0. The Labute approximate surface area is 107 Å². The summed E-state index contributed by atoms with van der Waals surface area (Å²) in [4.78, 5) is 2.67. The zero-order valence-electron chi connectivity index (χ0n) is 10.6. The fourth-order valence-electron chi connectivity index (χ4n) is 2.58. The molecule has 1 aliphatic carbocycles. The Morgan fingerprint density at radius 3 is 2.31 bits per heavy atom. The second-order valence-electron chi connectivity index (χ2n) is 5.32. The Balaban J connectivity index is 0.00000128. The van der Waals surface area contributed by atoms with Crippen molar-refractivity contribution in [3.8, 4) is 0 Å². The van der Waals surface area contributed by atoms with Crippen LogP contribution in [0.15, 0.2) is 0 Å². The van der Waals surface area contributed by atoms with E-state index in [0.29, 0.717) is 0 Å². The van der Waals surface area contributed by atoms with Gasteiger partial charge < -0.3 is 10.2 Å². The van der Waals surface area contributed by atoms with Crippen molar-refractivity contribution in [2.24, 2.45) is 11.8 Å². The molecular formula is C13H27ClN2. The lowest BCUT2D eigenvalue weighted by Gasteiger charge is -2.29. The van der Waals surface area contributed by atoms with Gasteiger partial charge in [-0.15, -0.1) is 12.4 Å². The quantitative estimate of drug-likeness (QED) is 0.775. The minimum absolute atomic E-state index is 0. The molecule has 0 aromatic rings. The van der Waals surface area contributed by atoms with Gasteiger partial charge in [-0.05, 0) is 57.3 Å². The Morgan fingerprint density at radius 1 is 1.06 bits per heavy atom. The van der Waals surface area contributed by atoms with Crippen molar-refractivity contribution < 1.29 is 0 Å². The first-order valence-corrected chi connectivity index (χ1v) is 6.81. The maximum Gasteiger partial charge on any atom is 0.00105 e. The summed E-state index contributed by atoms with van der Waals surface area (Å²) in [5.41, 5.74) is 0. The molecule has 3 heteroatoms. The Bertz CT molecular complexity index is 177. The van der Waals surface area contributed by atoms with Crippen LogP contribution < -0.4 is 5.32 Å². The standard InChI is InChI=1S/C13H26N2.ClH/c1-2-15(10-7-12-3-4-12)11-13-5-8-14-9-6-13;/h12-14H,2-11H2,1H3;1H. The smallest absolute Gasteiger partial charge is 0.00105 e. The molecule has 2 aliphatic rings. The first-order valence-electron chi connectivity index (χ1n) is 6.81. The first kappa shape index (κ1) is 14.3. The van der Waals surface area contributed by atoms with Crippen LogP contribution in [-0.4, -0.2) is 37.6 Å². The van der Waals surface area contributed by atoms with Crippen molar-refractivity contribution in [1.82, 2.24) is 10.2 Å². The molecule has 2 fully saturated rings. The summed E-state index contributed by atoms with van der Waals surface area (Å²) in [7, 11) is 0. The van der Waals surface area contributed by atoms with Crippen LogP contribution in [0, 0.1) is 11.8 Å². The average Bonchev–Trinajstić information content (AvgIpc) is 3.09. The number of nitrogens with zero attached hydrogens (tertiary/aromatic N) is 1. The molecule has 0 unspecified atom stereocenters. The van der Waals surface area contributed by atoms with Gasteiger partial charge in [0.25, 0.3) is 0 Å². The third-order valence-corrected chi connectivity index (χ3v) is 3.97. The van der Waals surface area contributed by atoms with Gasteiger partial charge in [0.2, 0.25) is 0 Å². The van der Waals surface area contributed by atoms with Crippen LogP contribution in [0.25, 0.3) is 0 Å². The van der Waals surface area contributed by atoms with Gasteiger partial charge >= 0.3 is 0 Å². The molecule has 0 amide bonds. The molecule has 0 aromatic heterocycles. The van der Waals surface area contributed by atoms with Crippen LogP contribution >= 0.6 is 12.4 Å². The van der Waals surface area contributed by atoms with Gasteiger partial charge in [-0.25, -0.2) is 0 Å². The zero-order valence-corrected chi connectivity index (χ0v) is 11.4. The maximum absolute atomic E-state index is 3.45. The third kappa shape index (κ3) is 5.03.